The van der Waals surface area contributed by atoms with Gasteiger partial charge in [-0.25, -0.2) is 0 Å². The quantitative estimate of drug-likeness (QED) is 0.893. The van der Waals surface area contributed by atoms with E-state index in [0.29, 0.717) is 6.10 Å². The van der Waals surface area contributed by atoms with E-state index in [2.05, 4.69) is 52.9 Å². The summed E-state index contributed by atoms with van der Waals surface area (Å²) in [6.45, 7) is 7.08. The topological polar surface area (TPSA) is 38.5 Å². The van der Waals surface area contributed by atoms with Gasteiger partial charge in [0, 0.05) is 29.3 Å². The highest BCUT2D eigenvalue weighted by atomic mass is 79.9. The van der Waals surface area contributed by atoms with Crippen LogP contribution in [0.15, 0.2) is 22.7 Å². The zero-order valence-corrected chi connectivity index (χ0v) is 14.0. The minimum atomic E-state index is 0.228. The summed E-state index contributed by atoms with van der Waals surface area (Å²) >= 11 is 3.57. The van der Waals surface area contributed by atoms with Gasteiger partial charge in [0.15, 0.2) is 0 Å². The van der Waals surface area contributed by atoms with E-state index >= 15 is 0 Å². The summed E-state index contributed by atoms with van der Waals surface area (Å²) in [4.78, 5) is 2.45. The summed E-state index contributed by atoms with van der Waals surface area (Å²) in [5.41, 5.74) is 8.81. The van der Waals surface area contributed by atoms with Gasteiger partial charge >= 0.3 is 0 Å². The minimum absolute atomic E-state index is 0.228. The Hall–Kier alpha value is -0.580. The monoisotopic (exact) mass is 340 g/mol. The van der Waals surface area contributed by atoms with Gasteiger partial charge in [0.1, 0.15) is 0 Å². The molecule has 2 rings (SSSR count). The third-order valence-corrected chi connectivity index (χ3v) is 4.48. The maximum Gasteiger partial charge on any atom is 0.0748 e. The summed E-state index contributed by atoms with van der Waals surface area (Å²) in [7, 11) is 0. The van der Waals surface area contributed by atoms with Crippen LogP contribution in [0.25, 0.3) is 0 Å². The van der Waals surface area contributed by atoms with E-state index in [9.17, 15) is 0 Å². The van der Waals surface area contributed by atoms with Crippen LogP contribution in [0.1, 0.15) is 32.3 Å². The van der Waals surface area contributed by atoms with Crippen molar-refractivity contribution in [3.63, 3.8) is 0 Å². The number of halogens is 1. The maximum absolute atomic E-state index is 6.15. The van der Waals surface area contributed by atoms with Gasteiger partial charge in [-0.1, -0.05) is 29.8 Å². The molecular weight excluding hydrogens is 316 g/mol. The fourth-order valence-electron chi connectivity index (χ4n) is 2.64. The Morgan fingerprint density at radius 3 is 2.95 bits per heavy atom. The summed E-state index contributed by atoms with van der Waals surface area (Å²) in [6, 6.07) is 6.76. The molecule has 2 N–H and O–H groups in total. The third-order valence-electron chi connectivity index (χ3n) is 3.98. The van der Waals surface area contributed by atoms with E-state index in [-0.39, 0.29) is 6.04 Å². The van der Waals surface area contributed by atoms with Crippen molar-refractivity contribution in [2.24, 2.45) is 5.73 Å². The standard InChI is InChI=1S/C16H25BrN2O/c1-3-14(18)10-12-9-13(17)5-6-16(12)19-7-8-20-15(4-2)11-19/h5-6,9,14-15H,3-4,7-8,10-11,18H2,1-2H3. The molecule has 1 aromatic carbocycles. The number of benzene rings is 1. The molecule has 3 nitrogen and oxygen atoms in total. The third kappa shape index (κ3) is 3.96. The van der Waals surface area contributed by atoms with Crippen LogP contribution in [0.3, 0.4) is 0 Å². The predicted molar refractivity (Wildman–Crippen MR) is 88.4 cm³/mol. The van der Waals surface area contributed by atoms with Gasteiger partial charge in [-0.3, -0.25) is 0 Å². The summed E-state index contributed by atoms with van der Waals surface area (Å²) in [5, 5.41) is 0. The van der Waals surface area contributed by atoms with Gasteiger partial charge in [-0.15, -0.1) is 0 Å². The molecule has 1 heterocycles. The fraction of sp³-hybridized carbons (Fsp3) is 0.625. The largest absolute Gasteiger partial charge is 0.375 e. The van der Waals surface area contributed by atoms with Crippen LogP contribution in [-0.2, 0) is 11.2 Å². The molecule has 0 aliphatic carbocycles. The Balaban J connectivity index is 2.21. The van der Waals surface area contributed by atoms with Gasteiger partial charge < -0.3 is 15.4 Å². The highest BCUT2D eigenvalue weighted by Crippen LogP contribution is 2.28. The normalized spacial score (nSPS) is 21.0. The van der Waals surface area contributed by atoms with Crippen molar-refractivity contribution in [2.75, 3.05) is 24.6 Å². The van der Waals surface area contributed by atoms with Gasteiger partial charge in [0.05, 0.1) is 12.7 Å². The first-order valence-electron chi connectivity index (χ1n) is 7.54. The Morgan fingerprint density at radius 2 is 2.25 bits per heavy atom. The molecule has 1 aliphatic rings. The van der Waals surface area contributed by atoms with Crippen LogP contribution in [0.2, 0.25) is 0 Å². The molecule has 20 heavy (non-hydrogen) atoms. The molecule has 0 spiro atoms. The van der Waals surface area contributed by atoms with E-state index in [1.807, 2.05) is 0 Å². The molecule has 2 atom stereocenters. The maximum atomic E-state index is 6.15. The van der Waals surface area contributed by atoms with Gasteiger partial charge in [0.2, 0.25) is 0 Å². The first-order valence-corrected chi connectivity index (χ1v) is 8.33. The molecule has 0 bridgehead atoms. The summed E-state index contributed by atoms with van der Waals surface area (Å²) in [6.07, 6.45) is 3.35. The van der Waals surface area contributed by atoms with E-state index < -0.39 is 0 Å². The Bertz CT molecular complexity index is 438. The molecule has 1 aliphatic heterocycles. The van der Waals surface area contributed by atoms with Crippen molar-refractivity contribution < 1.29 is 4.74 Å². The molecule has 4 heteroatoms. The summed E-state index contributed by atoms with van der Waals surface area (Å²) in [5.74, 6) is 0. The van der Waals surface area contributed by atoms with E-state index in [4.69, 9.17) is 10.5 Å². The second-order valence-corrected chi connectivity index (χ2v) is 6.41. The Kier molecular flexibility index (Phi) is 5.87. The van der Waals surface area contributed by atoms with Gasteiger partial charge in [0.25, 0.3) is 0 Å². The lowest BCUT2D eigenvalue weighted by atomic mass is 10.0. The SMILES string of the molecule is CCC(N)Cc1cc(Br)ccc1N1CCOC(CC)C1. The molecule has 1 fully saturated rings. The zero-order valence-electron chi connectivity index (χ0n) is 12.4. The predicted octanol–water partition coefficient (Wildman–Crippen LogP) is 3.34. The molecule has 0 saturated carbocycles. The van der Waals surface area contributed by atoms with Crippen molar-refractivity contribution in [1.29, 1.82) is 0 Å². The van der Waals surface area contributed by atoms with Crippen molar-refractivity contribution in [1.82, 2.24) is 0 Å². The molecule has 0 radical (unpaired) electrons. The molecule has 1 aromatic rings. The number of anilines is 1. The minimum Gasteiger partial charge on any atom is -0.375 e. The highest BCUT2D eigenvalue weighted by molar-refractivity contribution is 9.10. The van der Waals surface area contributed by atoms with Crippen LogP contribution in [0.4, 0.5) is 5.69 Å². The fourth-order valence-corrected chi connectivity index (χ4v) is 3.05. The molecule has 112 valence electrons. The average molecular weight is 341 g/mol. The van der Waals surface area contributed by atoms with Crippen LogP contribution in [-0.4, -0.2) is 31.8 Å². The number of nitrogens with zero attached hydrogens (tertiary/aromatic N) is 1. The van der Waals surface area contributed by atoms with Crippen LogP contribution in [0, 0.1) is 0 Å². The van der Waals surface area contributed by atoms with E-state index in [1.165, 1.54) is 11.3 Å². The second-order valence-electron chi connectivity index (χ2n) is 5.49. The number of rotatable bonds is 5. The van der Waals surface area contributed by atoms with Crippen molar-refractivity contribution >= 4 is 21.6 Å². The number of morpholine rings is 1. The molecule has 1 saturated heterocycles. The van der Waals surface area contributed by atoms with Gasteiger partial charge in [-0.05, 0) is 43.0 Å². The van der Waals surface area contributed by atoms with Crippen molar-refractivity contribution in [3.8, 4) is 0 Å². The lowest BCUT2D eigenvalue weighted by Gasteiger charge is -2.35. The van der Waals surface area contributed by atoms with Crippen LogP contribution < -0.4 is 10.6 Å². The van der Waals surface area contributed by atoms with Gasteiger partial charge in [-0.2, -0.15) is 0 Å². The molecular formula is C16H25BrN2O. The Morgan fingerprint density at radius 1 is 1.45 bits per heavy atom. The average Bonchev–Trinajstić information content (AvgIpc) is 2.47. The molecule has 2 unspecified atom stereocenters. The van der Waals surface area contributed by atoms with Crippen LogP contribution >= 0.6 is 15.9 Å². The zero-order chi connectivity index (χ0) is 14.5. The van der Waals surface area contributed by atoms with E-state index in [0.717, 1.165) is 43.4 Å². The molecule has 0 aromatic heterocycles. The lowest BCUT2D eigenvalue weighted by Crippen LogP contribution is -2.42. The number of nitrogens with two attached hydrogens (primary N) is 1. The smallest absolute Gasteiger partial charge is 0.0748 e. The summed E-state index contributed by atoms with van der Waals surface area (Å²) < 4.78 is 6.89. The van der Waals surface area contributed by atoms with Crippen molar-refractivity contribution in [3.05, 3.63) is 28.2 Å². The first-order chi connectivity index (χ1) is 9.63. The molecule has 0 amide bonds. The number of hydrogen-bond donors (Lipinski definition) is 1. The number of ether oxygens (including phenoxy) is 1. The second kappa shape index (κ2) is 7.43. The van der Waals surface area contributed by atoms with E-state index in [1.54, 1.807) is 0 Å². The van der Waals surface area contributed by atoms with Crippen LogP contribution in [0.5, 0.6) is 0 Å². The highest BCUT2D eigenvalue weighted by Gasteiger charge is 2.21. The number of hydrogen-bond acceptors (Lipinski definition) is 3. The van der Waals surface area contributed by atoms with Crippen molar-refractivity contribution in [2.45, 2.75) is 45.3 Å². The lowest BCUT2D eigenvalue weighted by molar-refractivity contribution is 0.0384. The first kappa shape index (κ1) is 15.8. The Labute approximate surface area is 130 Å².